The zero-order valence-electron chi connectivity index (χ0n) is 18.3. The maximum Gasteiger partial charge on any atom is 0.330 e. The zero-order valence-corrected chi connectivity index (χ0v) is 18.3. The van der Waals surface area contributed by atoms with Crippen LogP contribution in [0, 0.1) is 11.3 Å². The number of hydrogen-bond donors (Lipinski definition) is 0. The van der Waals surface area contributed by atoms with Crippen molar-refractivity contribution in [2.45, 2.75) is 46.2 Å². The van der Waals surface area contributed by atoms with Crippen LogP contribution in [0.2, 0.25) is 0 Å². The molecule has 1 aliphatic carbocycles. The molecule has 2 bridgehead atoms. The standard InChI is InChI=1S/C23H27N5O3/c1-23(2,3)12-28-19-8-7-17(25-20(19)26(4)22(28)30)16-9-15-6-5-14(16)10-27(15)21(29)18-11-31-13-24-18/h7-9,11,13-15H,5-6,10,12H2,1-4H3. The Morgan fingerprint density at radius 1 is 1.26 bits per heavy atom. The molecule has 0 saturated carbocycles. The normalized spacial score (nSPS) is 21.0. The molecule has 2 atom stereocenters. The van der Waals surface area contributed by atoms with E-state index in [-0.39, 0.29) is 29.0 Å². The molecule has 0 aromatic carbocycles. The number of hydrogen-bond acceptors (Lipinski definition) is 5. The van der Waals surface area contributed by atoms with Crippen molar-refractivity contribution < 1.29 is 9.21 Å². The van der Waals surface area contributed by atoms with E-state index in [1.807, 2.05) is 21.6 Å². The first-order valence-corrected chi connectivity index (χ1v) is 10.7. The Labute approximate surface area is 180 Å². The monoisotopic (exact) mass is 421 g/mol. The predicted molar refractivity (Wildman–Crippen MR) is 116 cm³/mol. The summed E-state index contributed by atoms with van der Waals surface area (Å²) in [4.78, 5) is 36.4. The highest BCUT2D eigenvalue weighted by atomic mass is 16.3. The fourth-order valence-corrected chi connectivity index (χ4v) is 4.82. The molecule has 3 aromatic rings. The van der Waals surface area contributed by atoms with Gasteiger partial charge in [-0.15, -0.1) is 0 Å². The second kappa shape index (κ2) is 6.93. The molecule has 3 aliphatic rings. The Balaban J connectivity index is 1.50. The molecule has 0 spiro atoms. The molecule has 3 aromatic heterocycles. The third-order valence-electron chi connectivity index (χ3n) is 6.26. The zero-order chi connectivity index (χ0) is 21.9. The van der Waals surface area contributed by atoms with E-state index < -0.39 is 0 Å². The third kappa shape index (κ3) is 3.30. The van der Waals surface area contributed by atoms with Gasteiger partial charge < -0.3 is 9.32 Å². The van der Waals surface area contributed by atoms with E-state index in [2.05, 4.69) is 31.8 Å². The lowest BCUT2D eigenvalue weighted by Crippen LogP contribution is -2.49. The predicted octanol–water partition coefficient (Wildman–Crippen LogP) is 3.09. The van der Waals surface area contributed by atoms with Crippen LogP contribution in [-0.4, -0.2) is 42.5 Å². The topological polar surface area (TPSA) is 86.2 Å². The van der Waals surface area contributed by atoms with Crippen LogP contribution in [0.3, 0.4) is 0 Å². The van der Waals surface area contributed by atoms with Gasteiger partial charge in [0, 0.05) is 26.1 Å². The molecule has 8 heteroatoms. The molecule has 6 rings (SSSR count). The van der Waals surface area contributed by atoms with Crippen LogP contribution >= 0.6 is 0 Å². The molecule has 8 nitrogen and oxygen atoms in total. The second-order valence-corrected chi connectivity index (χ2v) is 9.82. The highest BCUT2D eigenvalue weighted by Gasteiger charge is 2.39. The summed E-state index contributed by atoms with van der Waals surface area (Å²) in [5.41, 5.74) is 3.90. The molecule has 1 amide bonds. The molecule has 2 unspecified atom stereocenters. The summed E-state index contributed by atoms with van der Waals surface area (Å²) in [7, 11) is 1.78. The van der Waals surface area contributed by atoms with Crippen LogP contribution < -0.4 is 5.69 Å². The quantitative estimate of drug-likeness (QED) is 0.649. The largest absolute Gasteiger partial charge is 0.451 e. The average Bonchev–Trinajstić information content (AvgIpc) is 3.36. The molecular formula is C23H27N5O3. The minimum Gasteiger partial charge on any atom is -0.451 e. The molecule has 1 saturated heterocycles. The molecule has 2 aliphatic heterocycles. The summed E-state index contributed by atoms with van der Waals surface area (Å²) < 4.78 is 8.42. The first-order chi connectivity index (χ1) is 14.7. The Morgan fingerprint density at radius 3 is 2.71 bits per heavy atom. The Morgan fingerprint density at radius 2 is 2.06 bits per heavy atom. The fourth-order valence-electron chi connectivity index (χ4n) is 4.82. The van der Waals surface area contributed by atoms with Crippen molar-refractivity contribution in [3.63, 3.8) is 0 Å². The molecule has 5 heterocycles. The number of nitrogens with zero attached hydrogens (tertiary/aromatic N) is 5. The van der Waals surface area contributed by atoms with Crippen molar-refractivity contribution in [1.29, 1.82) is 0 Å². The van der Waals surface area contributed by atoms with Gasteiger partial charge in [0.1, 0.15) is 6.26 Å². The first kappa shape index (κ1) is 19.8. The van der Waals surface area contributed by atoms with Gasteiger partial charge in [-0.1, -0.05) is 26.8 Å². The van der Waals surface area contributed by atoms with Gasteiger partial charge in [-0.25, -0.2) is 14.8 Å². The van der Waals surface area contributed by atoms with E-state index in [4.69, 9.17) is 9.40 Å². The van der Waals surface area contributed by atoms with Gasteiger partial charge in [0.15, 0.2) is 17.7 Å². The van der Waals surface area contributed by atoms with Crippen LogP contribution in [0.25, 0.3) is 16.7 Å². The van der Waals surface area contributed by atoms with Gasteiger partial charge >= 0.3 is 5.69 Å². The number of aryl methyl sites for hydroxylation is 1. The summed E-state index contributed by atoms with van der Waals surface area (Å²) in [6, 6.07) is 4.04. The summed E-state index contributed by atoms with van der Waals surface area (Å²) in [5.74, 6) is 0.128. The van der Waals surface area contributed by atoms with Gasteiger partial charge in [0.25, 0.3) is 5.91 Å². The van der Waals surface area contributed by atoms with E-state index in [1.54, 1.807) is 11.6 Å². The van der Waals surface area contributed by atoms with E-state index in [1.165, 1.54) is 18.2 Å². The summed E-state index contributed by atoms with van der Waals surface area (Å²) in [5, 5.41) is 0. The van der Waals surface area contributed by atoms with Crippen molar-refractivity contribution in [2.24, 2.45) is 18.4 Å². The number of carbonyl (C=O) groups is 1. The van der Waals surface area contributed by atoms with Crippen molar-refractivity contribution in [1.82, 2.24) is 24.0 Å². The SMILES string of the molecule is Cn1c(=O)n(CC(C)(C)C)c2ccc(C3=CC4CCC3CN4C(=O)c3cocn3)nc21. The van der Waals surface area contributed by atoms with Crippen LogP contribution in [0.15, 0.2) is 40.1 Å². The Hall–Kier alpha value is -3.16. The average molecular weight is 422 g/mol. The lowest BCUT2D eigenvalue weighted by Gasteiger charge is -2.44. The van der Waals surface area contributed by atoms with Gasteiger partial charge in [0.05, 0.1) is 17.3 Å². The number of aromatic nitrogens is 4. The number of oxazole rings is 1. The molecule has 1 fully saturated rings. The van der Waals surface area contributed by atoms with Crippen molar-refractivity contribution in [2.75, 3.05) is 6.54 Å². The van der Waals surface area contributed by atoms with Crippen molar-refractivity contribution in [3.8, 4) is 0 Å². The van der Waals surface area contributed by atoms with Crippen LogP contribution in [0.1, 0.15) is 49.8 Å². The summed E-state index contributed by atoms with van der Waals surface area (Å²) in [6.45, 7) is 7.64. The summed E-state index contributed by atoms with van der Waals surface area (Å²) >= 11 is 0. The summed E-state index contributed by atoms with van der Waals surface area (Å²) in [6.07, 6.45) is 6.79. The highest BCUT2D eigenvalue weighted by molar-refractivity contribution is 5.93. The third-order valence-corrected chi connectivity index (χ3v) is 6.26. The molecule has 162 valence electrons. The number of pyridine rings is 1. The first-order valence-electron chi connectivity index (χ1n) is 10.7. The lowest BCUT2D eigenvalue weighted by atomic mass is 9.78. The van der Waals surface area contributed by atoms with Crippen LogP contribution in [0.5, 0.6) is 0 Å². The van der Waals surface area contributed by atoms with E-state index in [9.17, 15) is 9.59 Å². The fraction of sp³-hybridized carbons (Fsp3) is 0.478. The molecule has 0 radical (unpaired) electrons. The number of rotatable bonds is 3. The second-order valence-electron chi connectivity index (χ2n) is 9.82. The van der Waals surface area contributed by atoms with Gasteiger partial charge in [-0.05, 0) is 36.0 Å². The Kier molecular flexibility index (Phi) is 4.42. The van der Waals surface area contributed by atoms with Crippen molar-refractivity contribution >= 4 is 22.6 Å². The van der Waals surface area contributed by atoms with Crippen molar-refractivity contribution in [3.05, 3.63) is 52.7 Å². The smallest absolute Gasteiger partial charge is 0.330 e. The molecule has 0 N–H and O–H groups in total. The number of piperidine rings is 1. The Bertz CT molecular complexity index is 1240. The minimum atomic E-state index is -0.0937. The van der Waals surface area contributed by atoms with E-state index >= 15 is 0 Å². The number of fused-ring (bicyclic) bond motifs is 3. The minimum absolute atomic E-state index is 0.0122. The number of carbonyl (C=O) groups excluding carboxylic acids is 1. The van der Waals surface area contributed by atoms with Crippen LogP contribution in [0.4, 0.5) is 0 Å². The molecular weight excluding hydrogens is 394 g/mol. The van der Waals surface area contributed by atoms with Gasteiger partial charge in [0.2, 0.25) is 0 Å². The highest BCUT2D eigenvalue weighted by Crippen LogP contribution is 2.40. The maximum absolute atomic E-state index is 12.8. The van der Waals surface area contributed by atoms with E-state index in [0.29, 0.717) is 24.4 Å². The van der Waals surface area contributed by atoms with Gasteiger partial charge in [-0.3, -0.25) is 13.9 Å². The maximum atomic E-state index is 12.8. The molecule has 31 heavy (non-hydrogen) atoms. The van der Waals surface area contributed by atoms with E-state index in [0.717, 1.165) is 24.1 Å². The van der Waals surface area contributed by atoms with Gasteiger partial charge in [-0.2, -0.15) is 0 Å². The number of amides is 1. The number of imidazole rings is 1. The lowest BCUT2D eigenvalue weighted by molar-refractivity contribution is 0.0603. The van der Waals surface area contributed by atoms with Crippen LogP contribution in [-0.2, 0) is 13.6 Å².